The van der Waals surface area contributed by atoms with Gasteiger partial charge in [-0.2, -0.15) is 0 Å². The van der Waals surface area contributed by atoms with Crippen LogP contribution in [0.2, 0.25) is 0 Å². The minimum absolute atomic E-state index is 0.0529. The number of carbonyl (C=O) groups is 1. The molecular formula is C20H26FN5O. The maximum Gasteiger partial charge on any atom is 0.227 e. The lowest BCUT2D eigenvalue weighted by Gasteiger charge is -2.25. The molecule has 1 saturated carbocycles. The number of nitrogens with zero attached hydrogens (tertiary/aromatic N) is 3. The molecule has 2 atom stereocenters. The van der Waals surface area contributed by atoms with Crippen LogP contribution in [0.15, 0.2) is 18.2 Å². The average Bonchev–Trinajstić information content (AvgIpc) is 2.91. The van der Waals surface area contributed by atoms with E-state index in [1.807, 2.05) is 0 Å². The van der Waals surface area contributed by atoms with Gasteiger partial charge >= 0.3 is 0 Å². The quantitative estimate of drug-likeness (QED) is 0.867. The number of benzene rings is 1. The Morgan fingerprint density at radius 2 is 2.07 bits per heavy atom. The van der Waals surface area contributed by atoms with Gasteiger partial charge in [0.1, 0.15) is 11.6 Å². The van der Waals surface area contributed by atoms with Gasteiger partial charge in [0.15, 0.2) is 5.82 Å². The van der Waals surface area contributed by atoms with Crippen LogP contribution in [-0.2, 0) is 17.8 Å². The van der Waals surface area contributed by atoms with Crippen molar-refractivity contribution in [3.63, 3.8) is 0 Å². The Labute approximate surface area is 158 Å². The number of aromatic nitrogens is 3. The van der Waals surface area contributed by atoms with E-state index in [-0.39, 0.29) is 23.6 Å². The zero-order chi connectivity index (χ0) is 18.8. The van der Waals surface area contributed by atoms with Gasteiger partial charge in [0, 0.05) is 30.5 Å². The Kier molecular flexibility index (Phi) is 5.20. The molecule has 0 bridgehead atoms. The van der Waals surface area contributed by atoms with E-state index < -0.39 is 5.82 Å². The summed E-state index contributed by atoms with van der Waals surface area (Å²) in [6.07, 6.45) is 7.65. The third-order valence-electron chi connectivity index (χ3n) is 5.68. The molecular weight excluding hydrogens is 345 g/mol. The van der Waals surface area contributed by atoms with Crippen LogP contribution in [0.3, 0.4) is 0 Å². The molecule has 0 spiro atoms. The molecule has 0 saturated heterocycles. The van der Waals surface area contributed by atoms with Gasteiger partial charge in [0.25, 0.3) is 0 Å². The second-order valence-electron chi connectivity index (χ2n) is 7.71. The average molecular weight is 371 g/mol. The zero-order valence-electron chi connectivity index (χ0n) is 15.5. The molecule has 6 nitrogen and oxygen atoms in total. The van der Waals surface area contributed by atoms with Crippen molar-refractivity contribution in [2.75, 3.05) is 5.32 Å². The van der Waals surface area contributed by atoms with E-state index in [9.17, 15) is 9.18 Å². The predicted molar refractivity (Wildman–Crippen MR) is 102 cm³/mol. The van der Waals surface area contributed by atoms with Crippen LogP contribution in [-0.4, -0.2) is 26.7 Å². The van der Waals surface area contributed by atoms with Gasteiger partial charge in [0.05, 0.1) is 5.69 Å². The number of fused-ring (bicyclic) bond motifs is 1. The first kappa shape index (κ1) is 18.1. The Hall–Kier alpha value is -2.28. The number of aryl methyl sites for hydroxylation is 1. The van der Waals surface area contributed by atoms with Gasteiger partial charge in [-0.1, -0.05) is 12.8 Å². The molecule has 2 aliphatic rings. The van der Waals surface area contributed by atoms with Crippen molar-refractivity contribution in [3.05, 3.63) is 29.8 Å². The van der Waals surface area contributed by atoms with Crippen LogP contribution in [0.25, 0.3) is 11.4 Å². The van der Waals surface area contributed by atoms with Gasteiger partial charge in [-0.3, -0.25) is 4.79 Å². The summed E-state index contributed by atoms with van der Waals surface area (Å²) >= 11 is 0. The van der Waals surface area contributed by atoms with Crippen LogP contribution in [0.1, 0.15) is 50.8 Å². The predicted octanol–water partition coefficient (Wildman–Crippen LogP) is 3.27. The van der Waals surface area contributed by atoms with Crippen LogP contribution in [0, 0.1) is 11.7 Å². The highest BCUT2D eigenvalue weighted by atomic mass is 19.1. The SMILES string of the molecule is NC1CCCC(C(=O)Nc2cc(-c3nnc4n3CCCCC4)ccc2F)C1. The maximum atomic E-state index is 14.3. The van der Waals surface area contributed by atoms with Crippen molar-refractivity contribution in [2.45, 2.75) is 64.0 Å². The number of hydrogen-bond acceptors (Lipinski definition) is 4. The molecule has 1 aliphatic heterocycles. The van der Waals surface area contributed by atoms with Crippen LogP contribution in [0.4, 0.5) is 10.1 Å². The fourth-order valence-corrected chi connectivity index (χ4v) is 4.16. The van der Waals surface area contributed by atoms with Crippen molar-refractivity contribution in [3.8, 4) is 11.4 Å². The smallest absolute Gasteiger partial charge is 0.227 e. The van der Waals surface area contributed by atoms with E-state index in [1.54, 1.807) is 12.1 Å². The molecule has 2 aromatic rings. The normalized spacial score (nSPS) is 22.7. The van der Waals surface area contributed by atoms with Crippen molar-refractivity contribution < 1.29 is 9.18 Å². The summed E-state index contributed by atoms with van der Waals surface area (Å²) in [5, 5.41) is 11.4. The molecule has 1 fully saturated rings. The zero-order valence-corrected chi connectivity index (χ0v) is 15.5. The number of nitrogens with two attached hydrogens (primary N) is 1. The fraction of sp³-hybridized carbons (Fsp3) is 0.550. The highest BCUT2D eigenvalue weighted by molar-refractivity contribution is 5.93. The van der Waals surface area contributed by atoms with E-state index in [2.05, 4.69) is 20.1 Å². The standard InChI is InChI=1S/C20H26FN5O/c21-16-9-8-13(19-25-24-18-7-2-1-3-10-26(18)19)12-17(16)23-20(27)14-5-4-6-15(22)11-14/h8-9,12,14-15H,1-7,10-11,22H2,(H,23,27). The Bertz CT molecular complexity index is 834. The van der Waals surface area contributed by atoms with Gasteiger partial charge in [-0.25, -0.2) is 4.39 Å². The summed E-state index contributed by atoms with van der Waals surface area (Å²) in [6, 6.07) is 4.80. The number of carbonyl (C=O) groups excluding carboxylic acids is 1. The molecule has 0 radical (unpaired) electrons. The van der Waals surface area contributed by atoms with Crippen LogP contribution in [0.5, 0.6) is 0 Å². The second-order valence-corrected chi connectivity index (χ2v) is 7.71. The lowest BCUT2D eigenvalue weighted by atomic mass is 9.85. The molecule has 1 aromatic heterocycles. The topological polar surface area (TPSA) is 85.8 Å². The van der Waals surface area contributed by atoms with Gasteiger partial charge in [-0.15, -0.1) is 10.2 Å². The number of rotatable bonds is 3. The lowest BCUT2D eigenvalue weighted by molar-refractivity contribution is -0.120. The van der Waals surface area contributed by atoms with Gasteiger partial charge in [0.2, 0.25) is 5.91 Å². The summed E-state index contributed by atoms with van der Waals surface area (Å²) < 4.78 is 16.5. The van der Waals surface area contributed by atoms with Crippen molar-refractivity contribution in [2.24, 2.45) is 11.7 Å². The van der Waals surface area contributed by atoms with E-state index in [0.717, 1.165) is 62.3 Å². The highest BCUT2D eigenvalue weighted by Gasteiger charge is 2.26. The molecule has 2 heterocycles. The fourth-order valence-electron chi connectivity index (χ4n) is 4.16. The largest absolute Gasteiger partial charge is 0.328 e. The Morgan fingerprint density at radius 3 is 2.93 bits per heavy atom. The van der Waals surface area contributed by atoms with Crippen molar-refractivity contribution in [1.82, 2.24) is 14.8 Å². The lowest BCUT2D eigenvalue weighted by Crippen LogP contribution is -2.34. The first-order valence-electron chi connectivity index (χ1n) is 9.90. The first-order valence-corrected chi connectivity index (χ1v) is 9.90. The van der Waals surface area contributed by atoms with E-state index in [4.69, 9.17) is 5.73 Å². The second kappa shape index (κ2) is 7.76. The summed E-state index contributed by atoms with van der Waals surface area (Å²) in [4.78, 5) is 12.6. The minimum atomic E-state index is -0.442. The van der Waals surface area contributed by atoms with Crippen molar-refractivity contribution >= 4 is 11.6 Å². The molecule has 4 rings (SSSR count). The maximum absolute atomic E-state index is 14.3. The van der Waals surface area contributed by atoms with Crippen LogP contribution < -0.4 is 11.1 Å². The molecule has 144 valence electrons. The third-order valence-corrected chi connectivity index (χ3v) is 5.68. The Balaban J connectivity index is 1.57. The number of amides is 1. The first-order chi connectivity index (χ1) is 13.1. The molecule has 1 amide bonds. The van der Waals surface area contributed by atoms with Crippen LogP contribution >= 0.6 is 0 Å². The van der Waals surface area contributed by atoms with Gasteiger partial charge in [-0.05, 0) is 50.3 Å². The number of hydrogen-bond donors (Lipinski definition) is 2. The number of halogens is 1. The highest BCUT2D eigenvalue weighted by Crippen LogP contribution is 2.28. The molecule has 1 aromatic carbocycles. The monoisotopic (exact) mass is 371 g/mol. The summed E-state index contributed by atoms with van der Waals surface area (Å²) in [7, 11) is 0. The Morgan fingerprint density at radius 1 is 1.19 bits per heavy atom. The van der Waals surface area contributed by atoms with E-state index in [0.29, 0.717) is 6.42 Å². The summed E-state index contributed by atoms with van der Waals surface area (Å²) in [5.41, 5.74) is 6.95. The number of anilines is 1. The minimum Gasteiger partial charge on any atom is -0.328 e. The number of nitrogens with one attached hydrogen (secondary N) is 1. The van der Waals surface area contributed by atoms with Crippen molar-refractivity contribution in [1.29, 1.82) is 0 Å². The molecule has 7 heteroatoms. The van der Waals surface area contributed by atoms with Gasteiger partial charge < -0.3 is 15.6 Å². The third kappa shape index (κ3) is 3.88. The molecule has 27 heavy (non-hydrogen) atoms. The van der Waals surface area contributed by atoms with E-state index >= 15 is 0 Å². The molecule has 1 aliphatic carbocycles. The summed E-state index contributed by atoms with van der Waals surface area (Å²) in [5.74, 6) is 0.973. The van der Waals surface area contributed by atoms with E-state index in [1.165, 1.54) is 12.5 Å². The molecule has 2 unspecified atom stereocenters. The molecule has 3 N–H and O–H groups in total. The summed E-state index contributed by atoms with van der Waals surface area (Å²) in [6.45, 7) is 0.872.